The van der Waals surface area contributed by atoms with Crippen molar-refractivity contribution in [1.82, 2.24) is 10.3 Å². The lowest BCUT2D eigenvalue weighted by Gasteiger charge is -2.23. The maximum atomic E-state index is 12.2. The van der Waals surface area contributed by atoms with E-state index in [2.05, 4.69) is 10.3 Å². The first kappa shape index (κ1) is 15.0. The van der Waals surface area contributed by atoms with E-state index < -0.39 is 0 Å². The molecule has 1 amide bonds. The smallest absolute Gasteiger partial charge is 0.273 e. The molecule has 2 heterocycles. The highest BCUT2D eigenvalue weighted by molar-refractivity contribution is 5.93. The molecule has 0 aromatic carbocycles. The molecular formula is C14H22N2O4. The molecule has 1 fully saturated rings. The highest BCUT2D eigenvalue weighted by atomic mass is 16.5. The monoisotopic (exact) mass is 282 g/mol. The number of rotatable bonds is 6. The van der Waals surface area contributed by atoms with Gasteiger partial charge in [0, 0.05) is 19.8 Å². The van der Waals surface area contributed by atoms with Gasteiger partial charge >= 0.3 is 0 Å². The van der Waals surface area contributed by atoms with E-state index in [4.69, 9.17) is 14.3 Å². The van der Waals surface area contributed by atoms with Crippen molar-refractivity contribution in [3.63, 3.8) is 0 Å². The molecule has 1 aromatic rings. The van der Waals surface area contributed by atoms with Crippen LogP contribution in [0.1, 0.15) is 55.5 Å². The fourth-order valence-electron chi connectivity index (χ4n) is 2.23. The van der Waals surface area contributed by atoms with E-state index in [0.717, 1.165) is 12.8 Å². The Kier molecular flexibility index (Phi) is 4.77. The van der Waals surface area contributed by atoms with E-state index in [9.17, 15) is 4.79 Å². The molecule has 2 rings (SSSR count). The SMILES string of the molecule is CC(C)(CCO)CNC(=O)c1ncoc1C1CCCO1. The van der Waals surface area contributed by atoms with E-state index in [-0.39, 0.29) is 24.0 Å². The van der Waals surface area contributed by atoms with Gasteiger partial charge < -0.3 is 19.6 Å². The molecule has 20 heavy (non-hydrogen) atoms. The van der Waals surface area contributed by atoms with Gasteiger partial charge in [-0.1, -0.05) is 13.8 Å². The lowest BCUT2D eigenvalue weighted by Crippen LogP contribution is -2.35. The van der Waals surface area contributed by atoms with E-state index >= 15 is 0 Å². The quantitative estimate of drug-likeness (QED) is 0.829. The largest absolute Gasteiger partial charge is 0.445 e. The molecule has 1 atom stereocenters. The van der Waals surface area contributed by atoms with Crippen LogP contribution in [0, 0.1) is 5.41 Å². The van der Waals surface area contributed by atoms with Crippen molar-refractivity contribution in [2.45, 2.75) is 39.2 Å². The van der Waals surface area contributed by atoms with Gasteiger partial charge in [-0.25, -0.2) is 4.98 Å². The second-order valence-corrected chi connectivity index (χ2v) is 5.89. The van der Waals surface area contributed by atoms with Crippen LogP contribution in [-0.4, -0.2) is 35.8 Å². The molecule has 2 N–H and O–H groups in total. The topological polar surface area (TPSA) is 84.6 Å². The minimum absolute atomic E-state index is 0.105. The number of aliphatic hydroxyl groups is 1. The molecule has 6 nitrogen and oxygen atoms in total. The summed E-state index contributed by atoms with van der Waals surface area (Å²) in [5.41, 5.74) is 0.148. The van der Waals surface area contributed by atoms with Crippen LogP contribution in [0.15, 0.2) is 10.8 Å². The molecule has 0 saturated carbocycles. The zero-order chi connectivity index (χ0) is 14.6. The fraction of sp³-hybridized carbons (Fsp3) is 0.714. The number of carbonyl (C=O) groups excluding carboxylic acids is 1. The number of aliphatic hydroxyl groups excluding tert-OH is 1. The summed E-state index contributed by atoms with van der Waals surface area (Å²) in [6, 6.07) is 0. The predicted octanol–water partition coefficient (Wildman–Crippen LogP) is 1.66. The van der Waals surface area contributed by atoms with E-state index in [1.165, 1.54) is 6.39 Å². The molecule has 1 aliphatic heterocycles. The van der Waals surface area contributed by atoms with E-state index in [0.29, 0.717) is 31.0 Å². The lowest BCUT2D eigenvalue weighted by molar-refractivity contribution is 0.0849. The highest BCUT2D eigenvalue weighted by Crippen LogP contribution is 2.30. The number of nitrogens with one attached hydrogen (secondary N) is 1. The van der Waals surface area contributed by atoms with Crippen LogP contribution in [0.25, 0.3) is 0 Å². The van der Waals surface area contributed by atoms with Crippen LogP contribution < -0.4 is 5.32 Å². The number of oxazole rings is 1. The Labute approximate surface area is 118 Å². The first-order valence-electron chi connectivity index (χ1n) is 6.97. The number of ether oxygens (including phenoxy) is 1. The Morgan fingerprint density at radius 3 is 3.05 bits per heavy atom. The third kappa shape index (κ3) is 3.58. The lowest BCUT2D eigenvalue weighted by atomic mass is 9.90. The third-order valence-corrected chi connectivity index (χ3v) is 3.55. The molecular weight excluding hydrogens is 260 g/mol. The van der Waals surface area contributed by atoms with Gasteiger partial charge in [0.2, 0.25) is 0 Å². The number of amides is 1. The zero-order valence-electron chi connectivity index (χ0n) is 12.0. The van der Waals surface area contributed by atoms with Crippen LogP contribution in [0.5, 0.6) is 0 Å². The maximum absolute atomic E-state index is 12.2. The van der Waals surface area contributed by atoms with Crippen molar-refractivity contribution in [2.24, 2.45) is 5.41 Å². The minimum Gasteiger partial charge on any atom is -0.445 e. The number of nitrogens with zero attached hydrogens (tertiary/aromatic N) is 1. The van der Waals surface area contributed by atoms with Gasteiger partial charge in [-0.15, -0.1) is 0 Å². The Morgan fingerprint density at radius 1 is 1.60 bits per heavy atom. The van der Waals surface area contributed by atoms with Gasteiger partial charge in [0.1, 0.15) is 6.10 Å². The Morgan fingerprint density at radius 2 is 2.40 bits per heavy atom. The van der Waals surface area contributed by atoms with E-state index in [1.54, 1.807) is 0 Å². The summed E-state index contributed by atoms with van der Waals surface area (Å²) in [6.45, 7) is 5.26. The van der Waals surface area contributed by atoms with Crippen molar-refractivity contribution in [2.75, 3.05) is 19.8 Å². The molecule has 0 aliphatic carbocycles. The van der Waals surface area contributed by atoms with Gasteiger partial charge in [-0.2, -0.15) is 0 Å². The maximum Gasteiger partial charge on any atom is 0.273 e. The molecule has 0 spiro atoms. The zero-order valence-corrected chi connectivity index (χ0v) is 12.0. The molecule has 6 heteroatoms. The third-order valence-electron chi connectivity index (χ3n) is 3.55. The van der Waals surface area contributed by atoms with Crippen LogP contribution in [0.4, 0.5) is 0 Å². The van der Waals surface area contributed by atoms with Gasteiger partial charge in [-0.05, 0) is 24.7 Å². The van der Waals surface area contributed by atoms with Gasteiger partial charge in [-0.3, -0.25) is 4.79 Å². The number of carbonyl (C=O) groups is 1. The average molecular weight is 282 g/mol. The molecule has 0 radical (unpaired) electrons. The summed E-state index contributed by atoms with van der Waals surface area (Å²) in [5, 5.41) is 11.8. The summed E-state index contributed by atoms with van der Waals surface area (Å²) in [7, 11) is 0. The Bertz CT molecular complexity index is 450. The van der Waals surface area contributed by atoms with Crippen molar-refractivity contribution in [3.05, 3.63) is 17.8 Å². The Hall–Kier alpha value is -1.40. The molecule has 1 aromatic heterocycles. The number of hydrogen-bond acceptors (Lipinski definition) is 5. The Balaban J connectivity index is 1.97. The summed E-state index contributed by atoms with van der Waals surface area (Å²) < 4.78 is 10.8. The fourth-order valence-corrected chi connectivity index (χ4v) is 2.23. The molecule has 0 bridgehead atoms. The normalized spacial score (nSPS) is 19.2. The first-order valence-corrected chi connectivity index (χ1v) is 6.97. The van der Waals surface area contributed by atoms with Crippen molar-refractivity contribution < 1.29 is 19.1 Å². The van der Waals surface area contributed by atoms with Crippen LogP contribution >= 0.6 is 0 Å². The highest BCUT2D eigenvalue weighted by Gasteiger charge is 2.28. The van der Waals surface area contributed by atoms with Gasteiger partial charge in [0.05, 0.1) is 0 Å². The first-order chi connectivity index (χ1) is 9.53. The minimum atomic E-state index is -0.254. The second-order valence-electron chi connectivity index (χ2n) is 5.89. The molecule has 1 aliphatic rings. The van der Waals surface area contributed by atoms with Gasteiger partial charge in [0.15, 0.2) is 17.8 Å². The van der Waals surface area contributed by atoms with Crippen molar-refractivity contribution in [1.29, 1.82) is 0 Å². The molecule has 1 saturated heterocycles. The summed E-state index contributed by atoms with van der Waals surface area (Å²) in [4.78, 5) is 16.2. The van der Waals surface area contributed by atoms with Crippen molar-refractivity contribution >= 4 is 5.91 Å². The molecule has 112 valence electrons. The molecule has 1 unspecified atom stereocenters. The standard InChI is InChI=1S/C14H22N2O4/c1-14(2,5-6-17)8-15-13(18)11-12(20-9-16-11)10-4-3-7-19-10/h9-10,17H,3-8H2,1-2H3,(H,15,18). The summed E-state index contributed by atoms with van der Waals surface area (Å²) in [6.07, 6.45) is 3.57. The van der Waals surface area contributed by atoms with Crippen LogP contribution in [0.2, 0.25) is 0 Å². The van der Waals surface area contributed by atoms with Crippen LogP contribution in [-0.2, 0) is 4.74 Å². The summed E-state index contributed by atoms with van der Waals surface area (Å²) in [5.74, 6) is 0.259. The van der Waals surface area contributed by atoms with Crippen LogP contribution in [0.3, 0.4) is 0 Å². The second kappa shape index (κ2) is 6.37. The van der Waals surface area contributed by atoms with Gasteiger partial charge in [0.25, 0.3) is 5.91 Å². The van der Waals surface area contributed by atoms with E-state index in [1.807, 2.05) is 13.8 Å². The average Bonchev–Trinajstić information content (AvgIpc) is 3.05. The predicted molar refractivity (Wildman–Crippen MR) is 72.2 cm³/mol. The summed E-state index contributed by atoms with van der Waals surface area (Å²) >= 11 is 0. The van der Waals surface area contributed by atoms with Crippen molar-refractivity contribution in [3.8, 4) is 0 Å². The number of hydrogen-bond donors (Lipinski definition) is 2. The number of aromatic nitrogens is 1.